The number of aryl methyl sites for hydroxylation is 1. The van der Waals surface area contributed by atoms with Gasteiger partial charge >= 0.3 is 0 Å². The van der Waals surface area contributed by atoms with Gasteiger partial charge in [-0.2, -0.15) is 0 Å². The molecule has 12 heavy (non-hydrogen) atoms. The number of benzene rings is 1. The molecule has 1 nitrogen and oxygen atoms in total. The van der Waals surface area contributed by atoms with Gasteiger partial charge in [0.1, 0.15) is 15.8 Å². The molecule has 0 N–H and O–H groups in total. The zero-order valence-electron chi connectivity index (χ0n) is 6.51. The van der Waals surface area contributed by atoms with E-state index in [1.54, 1.807) is 19.1 Å². The summed E-state index contributed by atoms with van der Waals surface area (Å²) in [5.74, 6) is -0.280. The average molecular weight is 207 g/mol. The highest BCUT2D eigenvalue weighted by Gasteiger charge is 2.04. The minimum Gasteiger partial charge on any atom is -0.242 e. The Morgan fingerprint density at radius 1 is 1.58 bits per heavy atom. The van der Waals surface area contributed by atoms with Gasteiger partial charge in [0.05, 0.1) is 5.75 Å². The number of hydrogen-bond acceptors (Lipinski definition) is 1. The van der Waals surface area contributed by atoms with Crippen LogP contribution >= 0.6 is 10.7 Å². The van der Waals surface area contributed by atoms with Crippen molar-refractivity contribution in [2.24, 2.45) is 0 Å². The number of hydrogen-bond donors (Lipinski definition) is 0. The van der Waals surface area contributed by atoms with E-state index in [2.05, 4.69) is 0 Å². The molecule has 0 fully saturated rings. The Bertz CT molecular complexity index is 314. The van der Waals surface area contributed by atoms with E-state index >= 15 is 0 Å². The maximum absolute atomic E-state index is 13.0. The van der Waals surface area contributed by atoms with Crippen molar-refractivity contribution in [2.75, 3.05) is 0 Å². The molecule has 1 aromatic carbocycles. The Kier molecular flexibility index (Phi) is 3.23. The van der Waals surface area contributed by atoms with Gasteiger partial charge in [0.25, 0.3) is 0 Å². The molecule has 1 unspecified atom stereocenters. The third kappa shape index (κ3) is 2.57. The maximum Gasteiger partial charge on any atom is 0.127 e. The Morgan fingerprint density at radius 3 is 2.75 bits per heavy atom. The molecule has 4 heteroatoms. The van der Waals surface area contributed by atoms with E-state index in [9.17, 15) is 8.60 Å². The van der Waals surface area contributed by atoms with E-state index in [0.717, 1.165) is 5.56 Å². The normalized spacial score (nSPS) is 12.9. The molecule has 0 bridgehead atoms. The lowest BCUT2D eigenvalue weighted by Gasteiger charge is -2.00. The van der Waals surface area contributed by atoms with Crippen LogP contribution in [0.5, 0.6) is 0 Å². The molecular weight excluding hydrogens is 199 g/mol. The lowest BCUT2D eigenvalue weighted by atomic mass is 10.2. The molecule has 0 spiro atoms. The van der Waals surface area contributed by atoms with Crippen LogP contribution in [-0.2, 0) is 15.8 Å². The minimum atomic E-state index is -1.50. The van der Waals surface area contributed by atoms with Gasteiger partial charge in [0, 0.05) is 5.56 Å². The van der Waals surface area contributed by atoms with Crippen LogP contribution in [0.1, 0.15) is 11.1 Å². The average Bonchev–Trinajstić information content (AvgIpc) is 1.94. The van der Waals surface area contributed by atoms with Gasteiger partial charge in [-0.25, -0.2) is 8.60 Å². The van der Waals surface area contributed by atoms with E-state index in [0.29, 0.717) is 5.56 Å². The highest BCUT2D eigenvalue weighted by molar-refractivity contribution is 8.07. The zero-order valence-corrected chi connectivity index (χ0v) is 8.08. The fourth-order valence-corrected chi connectivity index (χ4v) is 1.72. The van der Waals surface area contributed by atoms with Crippen molar-refractivity contribution in [1.82, 2.24) is 0 Å². The first-order valence-corrected chi connectivity index (χ1v) is 5.54. The van der Waals surface area contributed by atoms with Crippen LogP contribution in [0.4, 0.5) is 4.39 Å². The van der Waals surface area contributed by atoms with Crippen molar-refractivity contribution in [3.05, 3.63) is 35.1 Å². The Morgan fingerprint density at radius 2 is 2.25 bits per heavy atom. The summed E-state index contributed by atoms with van der Waals surface area (Å²) in [6, 6.07) is 4.77. The van der Waals surface area contributed by atoms with Crippen molar-refractivity contribution in [1.29, 1.82) is 0 Å². The maximum atomic E-state index is 13.0. The van der Waals surface area contributed by atoms with Gasteiger partial charge in [-0.15, -0.1) is 0 Å². The third-order valence-electron chi connectivity index (χ3n) is 1.48. The first kappa shape index (κ1) is 9.68. The first-order valence-electron chi connectivity index (χ1n) is 3.39. The summed E-state index contributed by atoms with van der Waals surface area (Å²) < 4.78 is 23.6. The van der Waals surface area contributed by atoms with E-state index in [4.69, 9.17) is 10.7 Å². The van der Waals surface area contributed by atoms with Crippen molar-refractivity contribution < 1.29 is 8.60 Å². The summed E-state index contributed by atoms with van der Waals surface area (Å²) in [5, 5.41) is 0. The van der Waals surface area contributed by atoms with E-state index in [1.165, 1.54) is 6.07 Å². The Labute approximate surface area is 77.5 Å². The summed E-state index contributed by atoms with van der Waals surface area (Å²) in [4.78, 5) is 0. The van der Waals surface area contributed by atoms with Crippen molar-refractivity contribution >= 4 is 20.7 Å². The molecule has 0 saturated heterocycles. The number of halogens is 2. The summed E-state index contributed by atoms with van der Waals surface area (Å²) in [7, 11) is 3.73. The molecule has 0 aromatic heterocycles. The molecule has 1 aromatic rings. The summed E-state index contributed by atoms with van der Waals surface area (Å²) in [6.07, 6.45) is 0. The highest BCUT2D eigenvalue weighted by Crippen LogP contribution is 2.12. The lowest BCUT2D eigenvalue weighted by Crippen LogP contribution is -1.92. The van der Waals surface area contributed by atoms with E-state index in [1.807, 2.05) is 0 Å². The highest BCUT2D eigenvalue weighted by atomic mass is 35.7. The second-order valence-electron chi connectivity index (χ2n) is 2.53. The quantitative estimate of drug-likeness (QED) is 0.680. The molecular formula is C8H8ClFOS. The lowest BCUT2D eigenvalue weighted by molar-refractivity contribution is 0.614. The Hall–Kier alpha value is -0.410. The topological polar surface area (TPSA) is 17.1 Å². The number of rotatable bonds is 2. The molecule has 0 aliphatic rings. The predicted octanol–water partition coefficient (Wildman–Crippen LogP) is 2.54. The van der Waals surface area contributed by atoms with Crippen LogP contribution < -0.4 is 0 Å². The monoisotopic (exact) mass is 206 g/mol. The molecule has 0 radical (unpaired) electrons. The molecule has 0 aliphatic carbocycles. The summed E-state index contributed by atoms with van der Waals surface area (Å²) in [5.41, 5.74) is 1.24. The molecule has 0 heterocycles. The van der Waals surface area contributed by atoms with Crippen LogP contribution in [0.3, 0.4) is 0 Å². The van der Waals surface area contributed by atoms with Gasteiger partial charge in [-0.3, -0.25) is 0 Å². The minimum absolute atomic E-state index is 0.0632. The fraction of sp³-hybridized carbons (Fsp3) is 0.250. The molecule has 1 rings (SSSR count). The van der Waals surface area contributed by atoms with Gasteiger partial charge in [-0.05, 0) is 29.2 Å². The van der Waals surface area contributed by atoms with Crippen LogP contribution in [0.25, 0.3) is 0 Å². The Balaban J connectivity index is 2.93. The zero-order chi connectivity index (χ0) is 9.14. The smallest absolute Gasteiger partial charge is 0.127 e. The van der Waals surface area contributed by atoms with Gasteiger partial charge < -0.3 is 0 Å². The molecule has 0 saturated carbocycles. The fourth-order valence-electron chi connectivity index (χ4n) is 0.892. The summed E-state index contributed by atoms with van der Waals surface area (Å²) >= 11 is 0. The molecule has 66 valence electrons. The van der Waals surface area contributed by atoms with Gasteiger partial charge in [-0.1, -0.05) is 12.1 Å². The molecule has 0 amide bonds. The van der Waals surface area contributed by atoms with Crippen molar-refractivity contribution in [2.45, 2.75) is 12.7 Å². The third-order valence-corrected chi connectivity index (χ3v) is 2.34. The van der Waals surface area contributed by atoms with Crippen LogP contribution in [0, 0.1) is 12.7 Å². The largest absolute Gasteiger partial charge is 0.242 e. The molecule has 0 aliphatic heterocycles. The molecule has 1 atom stereocenters. The van der Waals surface area contributed by atoms with Crippen molar-refractivity contribution in [3.63, 3.8) is 0 Å². The summed E-state index contributed by atoms with van der Waals surface area (Å²) in [6.45, 7) is 1.80. The SMILES string of the molecule is Cc1ccc(CS(=O)Cl)c(F)c1. The van der Waals surface area contributed by atoms with Crippen molar-refractivity contribution in [3.8, 4) is 0 Å². The van der Waals surface area contributed by atoms with Crippen LogP contribution in [-0.4, -0.2) is 4.21 Å². The van der Waals surface area contributed by atoms with Crippen LogP contribution in [0.15, 0.2) is 18.2 Å². The van der Waals surface area contributed by atoms with E-state index < -0.39 is 10.0 Å². The first-order chi connectivity index (χ1) is 5.59. The van der Waals surface area contributed by atoms with E-state index in [-0.39, 0.29) is 11.6 Å². The van der Waals surface area contributed by atoms with Gasteiger partial charge in [0.2, 0.25) is 0 Å². The van der Waals surface area contributed by atoms with Gasteiger partial charge in [0.15, 0.2) is 0 Å². The second kappa shape index (κ2) is 4.01. The standard InChI is InChI=1S/C8H8ClFOS/c1-6-2-3-7(5-12(9)11)8(10)4-6/h2-4H,5H2,1H3. The predicted molar refractivity (Wildman–Crippen MR) is 48.8 cm³/mol. The van der Waals surface area contributed by atoms with Crippen LogP contribution in [0.2, 0.25) is 0 Å². The second-order valence-corrected chi connectivity index (χ2v) is 4.43.